The predicted molar refractivity (Wildman–Crippen MR) is 105 cm³/mol. The van der Waals surface area contributed by atoms with Crippen LogP contribution in [0.4, 0.5) is 37.7 Å². The first-order chi connectivity index (χ1) is 14.9. The van der Waals surface area contributed by atoms with Gasteiger partial charge in [0.25, 0.3) is 5.91 Å². The zero-order chi connectivity index (χ0) is 23.5. The van der Waals surface area contributed by atoms with Gasteiger partial charge in [-0.1, -0.05) is 18.2 Å². The molecule has 3 aromatic rings. The zero-order valence-corrected chi connectivity index (χ0v) is 16.7. The number of imidazole rings is 1. The lowest BCUT2D eigenvalue weighted by Crippen LogP contribution is -2.29. The maximum absolute atomic E-state index is 13.0. The Morgan fingerprint density at radius 1 is 1.06 bits per heavy atom. The third-order valence-corrected chi connectivity index (χ3v) is 4.50. The molecular weight excluding hydrogens is 438 g/mol. The highest BCUT2D eigenvalue weighted by molar-refractivity contribution is 6.00. The first-order valence-corrected chi connectivity index (χ1v) is 9.29. The van der Waals surface area contributed by atoms with E-state index in [9.17, 15) is 31.1 Å². The van der Waals surface area contributed by atoms with Gasteiger partial charge in [0, 0.05) is 25.1 Å². The van der Waals surface area contributed by atoms with Gasteiger partial charge in [0.2, 0.25) is 0 Å². The molecule has 0 unspecified atom stereocenters. The molecule has 1 amide bonds. The Labute approximate surface area is 179 Å². The minimum Gasteiger partial charge on any atom is -0.355 e. The van der Waals surface area contributed by atoms with Gasteiger partial charge in [-0.25, -0.2) is 4.98 Å². The lowest BCUT2D eigenvalue weighted by atomic mass is 10.1. The van der Waals surface area contributed by atoms with E-state index in [1.165, 1.54) is 48.6 Å². The summed E-state index contributed by atoms with van der Waals surface area (Å²) >= 11 is 0. The number of benzene rings is 2. The van der Waals surface area contributed by atoms with Crippen molar-refractivity contribution in [2.24, 2.45) is 0 Å². The van der Waals surface area contributed by atoms with Crippen LogP contribution in [0, 0.1) is 0 Å². The van der Waals surface area contributed by atoms with Crippen molar-refractivity contribution in [2.75, 3.05) is 12.4 Å². The first kappa shape index (κ1) is 23.2. The van der Waals surface area contributed by atoms with Gasteiger partial charge in [0.15, 0.2) is 0 Å². The fourth-order valence-corrected chi connectivity index (χ4v) is 3.03. The van der Waals surface area contributed by atoms with Crippen molar-refractivity contribution in [1.82, 2.24) is 14.5 Å². The van der Waals surface area contributed by atoms with Crippen molar-refractivity contribution in [3.8, 4) is 0 Å². The highest BCUT2D eigenvalue weighted by Gasteiger charge is 2.31. The third-order valence-electron chi connectivity index (χ3n) is 4.50. The van der Waals surface area contributed by atoms with Gasteiger partial charge < -0.3 is 14.8 Å². The highest BCUT2D eigenvalue weighted by atomic mass is 19.4. The van der Waals surface area contributed by atoms with E-state index in [1.807, 2.05) is 0 Å². The minimum atomic E-state index is -4.52. The van der Waals surface area contributed by atoms with E-state index in [0.717, 1.165) is 16.7 Å². The Kier molecular flexibility index (Phi) is 6.47. The summed E-state index contributed by atoms with van der Waals surface area (Å²) in [6.07, 6.45) is -6.59. The van der Waals surface area contributed by atoms with Gasteiger partial charge in [-0.15, -0.1) is 0 Å². The van der Waals surface area contributed by atoms with Crippen LogP contribution in [0.2, 0.25) is 0 Å². The Balaban J connectivity index is 1.80. The largest absolute Gasteiger partial charge is 0.416 e. The Hall–Kier alpha value is -3.50. The van der Waals surface area contributed by atoms with E-state index in [-0.39, 0.29) is 29.3 Å². The van der Waals surface area contributed by atoms with E-state index in [4.69, 9.17) is 0 Å². The summed E-state index contributed by atoms with van der Waals surface area (Å²) in [5, 5.41) is 2.81. The van der Waals surface area contributed by atoms with Crippen LogP contribution in [0.15, 0.2) is 60.9 Å². The summed E-state index contributed by atoms with van der Waals surface area (Å²) in [5.74, 6) is -0.497. The van der Waals surface area contributed by atoms with Crippen LogP contribution in [-0.2, 0) is 19.3 Å². The Bertz CT molecular complexity index is 1090. The minimum absolute atomic E-state index is 0.0430. The predicted octanol–water partition coefficient (Wildman–Crippen LogP) is 5.48. The second-order valence-electron chi connectivity index (χ2n) is 7.00. The summed E-state index contributed by atoms with van der Waals surface area (Å²) in [5.41, 5.74) is -0.327. The number of aromatic nitrogens is 2. The number of carbonyl (C=O) groups excluding carboxylic acids is 1. The van der Waals surface area contributed by atoms with Gasteiger partial charge in [0.05, 0.1) is 23.4 Å². The van der Waals surface area contributed by atoms with E-state index in [2.05, 4.69) is 10.3 Å². The van der Waals surface area contributed by atoms with Gasteiger partial charge in [-0.3, -0.25) is 4.79 Å². The standard InChI is InChI=1S/C21H18F6N4O/c1-30(12-18-28-9-10-31(18)13-20(22,23)24)19(32)16-7-2-3-8-17(16)29-15-6-4-5-14(11-15)21(25,26)27/h2-11,29H,12-13H2,1H3. The van der Waals surface area contributed by atoms with E-state index < -0.39 is 30.4 Å². The van der Waals surface area contributed by atoms with Crippen LogP contribution in [-0.4, -0.2) is 33.6 Å². The SMILES string of the molecule is CN(Cc1nccn1CC(F)(F)F)C(=O)c1ccccc1Nc1cccc(C(F)(F)F)c1. The number of para-hydroxylation sites is 1. The number of nitrogens with one attached hydrogen (secondary N) is 1. The molecule has 11 heteroatoms. The average Bonchev–Trinajstić information content (AvgIpc) is 3.12. The average molecular weight is 456 g/mol. The van der Waals surface area contributed by atoms with Gasteiger partial charge in [-0.2, -0.15) is 26.3 Å². The quantitative estimate of drug-likeness (QED) is 0.500. The molecular formula is C21H18F6N4O. The van der Waals surface area contributed by atoms with Crippen molar-refractivity contribution in [3.63, 3.8) is 0 Å². The third kappa shape index (κ3) is 5.80. The molecule has 3 rings (SSSR count). The highest BCUT2D eigenvalue weighted by Crippen LogP contribution is 2.32. The van der Waals surface area contributed by atoms with Gasteiger partial charge in [-0.05, 0) is 30.3 Å². The molecule has 1 N–H and O–H groups in total. The molecule has 0 aliphatic rings. The topological polar surface area (TPSA) is 50.2 Å². The molecule has 0 aliphatic heterocycles. The smallest absolute Gasteiger partial charge is 0.355 e. The van der Waals surface area contributed by atoms with Crippen molar-refractivity contribution in [3.05, 3.63) is 77.9 Å². The molecule has 1 aromatic heterocycles. The van der Waals surface area contributed by atoms with Crippen LogP contribution in [0.25, 0.3) is 0 Å². The maximum Gasteiger partial charge on any atom is 0.416 e. The normalized spacial score (nSPS) is 12.0. The molecule has 2 aromatic carbocycles. The van der Waals surface area contributed by atoms with Crippen LogP contribution in [0.1, 0.15) is 21.7 Å². The molecule has 0 saturated heterocycles. The molecule has 0 aliphatic carbocycles. The lowest BCUT2D eigenvalue weighted by molar-refractivity contribution is -0.141. The number of anilines is 2. The Morgan fingerprint density at radius 2 is 1.78 bits per heavy atom. The molecule has 0 bridgehead atoms. The fourth-order valence-electron chi connectivity index (χ4n) is 3.03. The number of amides is 1. The summed E-state index contributed by atoms with van der Waals surface area (Å²) < 4.78 is 77.9. The van der Waals surface area contributed by atoms with Crippen molar-refractivity contribution in [2.45, 2.75) is 25.4 Å². The van der Waals surface area contributed by atoms with Crippen molar-refractivity contribution in [1.29, 1.82) is 0 Å². The number of hydrogen-bond acceptors (Lipinski definition) is 3. The van der Waals surface area contributed by atoms with Crippen molar-refractivity contribution < 1.29 is 31.1 Å². The zero-order valence-electron chi connectivity index (χ0n) is 16.7. The molecule has 0 spiro atoms. The molecule has 170 valence electrons. The van der Waals surface area contributed by atoms with Gasteiger partial charge in [0.1, 0.15) is 12.4 Å². The lowest BCUT2D eigenvalue weighted by Gasteiger charge is -2.20. The molecule has 0 saturated carbocycles. The molecule has 0 radical (unpaired) electrons. The second kappa shape index (κ2) is 8.93. The second-order valence-corrected chi connectivity index (χ2v) is 7.00. The summed E-state index contributed by atoms with van der Waals surface area (Å²) in [6.45, 7) is -1.43. The number of carbonyl (C=O) groups is 1. The fraction of sp³-hybridized carbons (Fsp3) is 0.238. The van der Waals surface area contributed by atoms with Crippen LogP contribution in [0.5, 0.6) is 0 Å². The number of rotatable bonds is 6. The molecule has 0 atom stereocenters. The number of halogens is 6. The molecule has 32 heavy (non-hydrogen) atoms. The summed E-state index contributed by atoms with van der Waals surface area (Å²) in [4.78, 5) is 18.0. The number of hydrogen-bond donors (Lipinski definition) is 1. The molecule has 1 heterocycles. The summed E-state index contributed by atoms with van der Waals surface area (Å²) in [6, 6.07) is 10.7. The van der Waals surface area contributed by atoms with Crippen LogP contribution in [0.3, 0.4) is 0 Å². The van der Waals surface area contributed by atoms with Crippen LogP contribution < -0.4 is 5.32 Å². The summed E-state index contributed by atoms with van der Waals surface area (Å²) in [7, 11) is 1.40. The van der Waals surface area contributed by atoms with Crippen LogP contribution >= 0.6 is 0 Å². The number of alkyl halides is 6. The van der Waals surface area contributed by atoms with Crippen molar-refractivity contribution >= 4 is 17.3 Å². The molecule has 0 fully saturated rings. The van der Waals surface area contributed by atoms with Gasteiger partial charge >= 0.3 is 12.4 Å². The maximum atomic E-state index is 13.0. The first-order valence-electron chi connectivity index (χ1n) is 9.29. The Morgan fingerprint density at radius 3 is 2.47 bits per heavy atom. The van der Waals surface area contributed by atoms with E-state index in [0.29, 0.717) is 0 Å². The van der Waals surface area contributed by atoms with E-state index >= 15 is 0 Å². The molecule has 5 nitrogen and oxygen atoms in total. The van der Waals surface area contributed by atoms with E-state index in [1.54, 1.807) is 12.1 Å². The number of nitrogens with zero attached hydrogens (tertiary/aromatic N) is 3. The monoisotopic (exact) mass is 456 g/mol.